The van der Waals surface area contributed by atoms with Crippen LogP contribution in [0.25, 0.3) is 11.1 Å². The molecule has 0 saturated heterocycles. The van der Waals surface area contributed by atoms with Crippen LogP contribution in [-0.2, 0) is 16.0 Å². The number of anilines is 1. The molecule has 0 radical (unpaired) electrons. The first-order valence-electron chi connectivity index (χ1n) is 10.8. The van der Waals surface area contributed by atoms with Gasteiger partial charge >= 0.3 is 12.0 Å². The monoisotopic (exact) mass is 410 g/mol. The molecule has 30 heavy (non-hydrogen) atoms. The van der Waals surface area contributed by atoms with Crippen molar-refractivity contribution in [2.45, 2.75) is 51.9 Å². The van der Waals surface area contributed by atoms with Crippen molar-refractivity contribution < 1.29 is 14.3 Å². The van der Waals surface area contributed by atoms with Crippen LogP contribution < -0.4 is 10.2 Å². The Kier molecular flexibility index (Phi) is 9.92. The molecule has 0 aliphatic heterocycles. The number of amides is 2. The lowest BCUT2D eigenvalue weighted by atomic mass is 10.0. The van der Waals surface area contributed by atoms with Gasteiger partial charge in [-0.05, 0) is 41.7 Å². The molecule has 0 spiro atoms. The number of nitrogens with zero attached hydrogens (tertiary/aromatic N) is 1. The first kappa shape index (κ1) is 23.5. The molecule has 2 amide bonds. The number of rotatable bonds is 11. The van der Waals surface area contributed by atoms with Crippen LogP contribution in [0.15, 0.2) is 48.5 Å². The number of aryl methyl sites for hydroxylation is 1. The molecule has 0 fully saturated rings. The minimum atomic E-state index is -0.200. The third-order valence-corrected chi connectivity index (χ3v) is 5.23. The number of methoxy groups -OCH3 is 1. The summed E-state index contributed by atoms with van der Waals surface area (Å²) in [6, 6.07) is 16.0. The van der Waals surface area contributed by atoms with Crippen molar-refractivity contribution in [1.82, 2.24) is 5.32 Å². The predicted octanol–water partition coefficient (Wildman–Crippen LogP) is 5.58. The van der Waals surface area contributed by atoms with Gasteiger partial charge in [0.25, 0.3) is 0 Å². The van der Waals surface area contributed by atoms with Gasteiger partial charge in [-0.1, -0.05) is 69.0 Å². The highest BCUT2D eigenvalue weighted by Crippen LogP contribution is 2.25. The van der Waals surface area contributed by atoms with E-state index in [0.717, 1.165) is 35.2 Å². The van der Waals surface area contributed by atoms with E-state index in [4.69, 9.17) is 0 Å². The number of benzene rings is 2. The number of nitrogens with one attached hydrogen (secondary N) is 1. The van der Waals surface area contributed by atoms with Gasteiger partial charge < -0.3 is 10.1 Å². The SMILES string of the molecule is CCCCCCCNC(=O)N(C)c1cccc(-c2ccc(CCC(=O)OC)cc2)c1. The molecule has 162 valence electrons. The fraction of sp³-hybridized carbons (Fsp3) is 0.440. The summed E-state index contributed by atoms with van der Waals surface area (Å²) in [5, 5.41) is 3.00. The molecule has 0 bridgehead atoms. The lowest BCUT2D eigenvalue weighted by molar-refractivity contribution is -0.140. The van der Waals surface area contributed by atoms with Crippen molar-refractivity contribution in [3.63, 3.8) is 0 Å². The summed E-state index contributed by atoms with van der Waals surface area (Å²) in [4.78, 5) is 25.4. The summed E-state index contributed by atoms with van der Waals surface area (Å²) >= 11 is 0. The zero-order valence-corrected chi connectivity index (χ0v) is 18.4. The van der Waals surface area contributed by atoms with Gasteiger partial charge in [-0.3, -0.25) is 9.69 Å². The molecule has 0 atom stereocenters. The summed E-state index contributed by atoms with van der Waals surface area (Å²) in [7, 11) is 3.20. The number of carbonyl (C=O) groups is 2. The van der Waals surface area contributed by atoms with E-state index >= 15 is 0 Å². The van der Waals surface area contributed by atoms with Crippen LogP contribution in [0.2, 0.25) is 0 Å². The number of carbonyl (C=O) groups excluding carboxylic acids is 2. The summed E-state index contributed by atoms with van der Waals surface area (Å²) in [5.74, 6) is -0.200. The van der Waals surface area contributed by atoms with E-state index in [9.17, 15) is 9.59 Å². The predicted molar refractivity (Wildman–Crippen MR) is 123 cm³/mol. The Bertz CT molecular complexity index is 802. The van der Waals surface area contributed by atoms with Crippen molar-refractivity contribution >= 4 is 17.7 Å². The largest absolute Gasteiger partial charge is 0.469 e. The number of hydrogen-bond donors (Lipinski definition) is 1. The van der Waals surface area contributed by atoms with Crippen LogP contribution in [0.3, 0.4) is 0 Å². The zero-order valence-electron chi connectivity index (χ0n) is 18.4. The van der Waals surface area contributed by atoms with Crippen LogP contribution in [0.5, 0.6) is 0 Å². The van der Waals surface area contributed by atoms with E-state index in [1.807, 2.05) is 48.5 Å². The Morgan fingerprint density at radius 3 is 2.40 bits per heavy atom. The maximum Gasteiger partial charge on any atom is 0.321 e. The number of unbranched alkanes of at least 4 members (excludes halogenated alkanes) is 4. The summed E-state index contributed by atoms with van der Waals surface area (Å²) in [6.45, 7) is 2.91. The van der Waals surface area contributed by atoms with E-state index < -0.39 is 0 Å². The molecule has 5 heteroatoms. The van der Waals surface area contributed by atoms with Crippen molar-refractivity contribution in [2.75, 3.05) is 25.6 Å². The van der Waals surface area contributed by atoms with E-state index in [1.54, 1.807) is 11.9 Å². The van der Waals surface area contributed by atoms with Gasteiger partial charge in [0, 0.05) is 25.7 Å². The van der Waals surface area contributed by atoms with Crippen LogP contribution in [0, 0.1) is 0 Å². The molecule has 0 aliphatic rings. The number of hydrogen-bond acceptors (Lipinski definition) is 3. The van der Waals surface area contributed by atoms with E-state index in [1.165, 1.54) is 26.4 Å². The lowest BCUT2D eigenvalue weighted by Gasteiger charge is -2.19. The molecule has 0 aliphatic carbocycles. The summed E-state index contributed by atoms with van der Waals surface area (Å²) < 4.78 is 4.69. The van der Waals surface area contributed by atoms with Gasteiger partial charge in [0.15, 0.2) is 0 Å². The van der Waals surface area contributed by atoms with Gasteiger partial charge in [-0.2, -0.15) is 0 Å². The Hall–Kier alpha value is -2.82. The molecule has 0 saturated carbocycles. The lowest BCUT2D eigenvalue weighted by Crippen LogP contribution is -2.37. The molecule has 0 aromatic heterocycles. The Morgan fingerprint density at radius 1 is 0.967 bits per heavy atom. The molecule has 2 aromatic rings. The topological polar surface area (TPSA) is 58.6 Å². The average molecular weight is 411 g/mol. The zero-order chi connectivity index (χ0) is 21.8. The number of urea groups is 1. The summed E-state index contributed by atoms with van der Waals surface area (Å²) in [5.41, 5.74) is 4.07. The second kappa shape index (κ2) is 12.7. The second-order valence-electron chi connectivity index (χ2n) is 7.53. The normalized spacial score (nSPS) is 10.5. The van der Waals surface area contributed by atoms with Crippen LogP contribution in [-0.4, -0.2) is 32.7 Å². The smallest absolute Gasteiger partial charge is 0.321 e. The van der Waals surface area contributed by atoms with Crippen molar-refractivity contribution in [3.8, 4) is 11.1 Å². The highest BCUT2D eigenvalue weighted by molar-refractivity contribution is 5.92. The minimum Gasteiger partial charge on any atom is -0.469 e. The van der Waals surface area contributed by atoms with Gasteiger partial charge in [0.05, 0.1) is 7.11 Å². The van der Waals surface area contributed by atoms with E-state index in [-0.39, 0.29) is 12.0 Å². The molecular weight excluding hydrogens is 376 g/mol. The van der Waals surface area contributed by atoms with Crippen molar-refractivity contribution in [3.05, 3.63) is 54.1 Å². The standard InChI is InChI=1S/C25H34N2O3/c1-4-5-6-7-8-18-26-25(29)27(2)23-11-9-10-22(19-23)21-15-12-20(13-16-21)14-17-24(28)30-3/h9-13,15-16,19H,4-8,14,17-18H2,1-3H3,(H,26,29). The first-order chi connectivity index (χ1) is 14.5. The first-order valence-corrected chi connectivity index (χ1v) is 10.8. The van der Waals surface area contributed by atoms with Crippen LogP contribution in [0.1, 0.15) is 51.0 Å². The quantitative estimate of drug-likeness (QED) is 0.389. The molecule has 2 rings (SSSR count). The second-order valence-corrected chi connectivity index (χ2v) is 7.53. The van der Waals surface area contributed by atoms with Crippen molar-refractivity contribution in [2.24, 2.45) is 0 Å². The van der Waals surface area contributed by atoms with Gasteiger partial charge in [0.1, 0.15) is 0 Å². The Morgan fingerprint density at radius 2 is 1.70 bits per heavy atom. The molecule has 2 aromatic carbocycles. The van der Waals surface area contributed by atoms with Gasteiger partial charge in [0.2, 0.25) is 0 Å². The minimum absolute atomic E-state index is 0.0826. The van der Waals surface area contributed by atoms with E-state index in [0.29, 0.717) is 19.4 Å². The maximum absolute atomic E-state index is 12.5. The maximum atomic E-state index is 12.5. The van der Waals surface area contributed by atoms with Crippen LogP contribution >= 0.6 is 0 Å². The van der Waals surface area contributed by atoms with E-state index in [2.05, 4.69) is 17.0 Å². The Labute approximate surface area is 180 Å². The van der Waals surface area contributed by atoms with Crippen LogP contribution in [0.4, 0.5) is 10.5 Å². The molecule has 5 nitrogen and oxygen atoms in total. The highest BCUT2D eigenvalue weighted by atomic mass is 16.5. The third kappa shape index (κ3) is 7.54. The van der Waals surface area contributed by atoms with Crippen molar-refractivity contribution in [1.29, 1.82) is 0 Å². The molecule has 1 N–H and O–H groups in total. The fourth-order valence-electron chi connectivity index (χ4n) is 3.27. The molecule has 0 unspecified atom stereocenters. The number of ether oxygens (including phenoxy) is 1. The highest BCUT2D eigenvalue weighted by Gasteiger charge is 2.11. The summed E-state index contributed by atoms with van der Waals surface area (Å²) in [6.07, 6.45) is 6.92. The fourth-order valence-corrected chi connectivity index (χ4v) is 3.27. The Balaban J connectivity index is 1.93. The van der Waals surface area contributed by atoms with Gasteiger partial charge in [-0.25, -0.2) is 4.79 Å². The molecular formula is C25H34N2O3. The number of esters is 1. The average Bonchev–Trinajstić information content (AvgIpc) is 2.79. The third-order valence-electron chi connectivity index (χ3n) is 5.23. The van der Waals surface area contributed by atoms with Gasteiger partial charge in [-0.15, -0.1) is 0 Å². The molecule has 0 heterocycles.